The topological polar surface area (TPSA) is 38.3 Å². The number of carbonyl (C=O) groups excluding carboxylic acids is 1. The lowest BCUT2D eigenvalue weighted by Crippen LogP contribution is -2.71. The van der Waals surface area contributed by atoms with Gasteiger partial charge in [0.25, 0.3) is 0 Å². The fraction of sp³-hybridized carbons (Fsp3) is 0.938. The van der Waals surface area contributed by atoms with Crippen LogP contribution in [0, 0.1) is 17.3 Å². The van der Waals surface area contributed by atoms with Crippen LogP contribution in [0.2, 0.25) is 0 Å². The highest BCUT2D eigenvalue weighted by Gasteiger charge is 2.66. The number of rotatable bonds is 4. The van der Waals surface area contributed by atoms with Gasteiger partial charge in [-0.15, -0.1) is 0 Å². The molecule has 1 N–H and O–H groups in total. The third-order valence-electron chi connectivity index (χ3n) is 6.36. The summed E-state index contributed by atoms with van der Waals surface area (Å²) in [5, 5.41) is 3.37. The Kier molecular flexibility index (Phi) is 2.87. The third kappa shape index (κ3) is 1.77. The maximum atomic E-state index is 12.2. The molecule has 3 aliphatic carbocycles. The minimum absolute atomic E-state index is 0.300. The molecule has 1 amide bonds. The average Bonchev–Trinajstić information content (AvgIpc) is 2.67. The molecule has 1 aliphatic heterocycles. The zero-order valence-corrected chi connectivity index (χ0v) is 11.7. The van der Waals surface area contributed by atoms with Gasteiger partial charge in [-0.25, -0.2) is 0 Å². The molecule has 1 saturated heterocycles. The van der Waals surface area contributed by atoms with E-state index in [4.69, 9.17) is 4.74 Å². The molecule has 3 heteroatoms. The molecule has 3 saturated carbocycles. The molecule has 1 heterocycles. The Balaban J connectivity index is 1.32. The van der Waals surface area contributed by atoms with Gasteiger partial charge in [-0.2, -0.15) is 0 Å². The lowest BCUT2D eigenvalue weighted by Gasteiger charge is -2.63. The lowest BCUT2D eigenvalue weighted by molar-refractivity contribution is -0.179. The van der Waals surface area contributed by atoms with Crippen LogP contribution in [0.1, 0.15) is 57.8 Å². The third-order valence-corrected chi connectivity index (χ3v) is 6.36. The Labute approximate surface area is 115 Å². The van der Waals surface area contributed by atoms with Crippen molar-refractivity contribution in [3.8, 4) is 0 Å². The summed E-state index contributed by atoms with van der Waals surface area (Å²) in [6.45, 7) is 0.908. The van der Waals surface area contributed by atoms with Crippen molar-refractivity contribution in [2.75, 3.05) is 6.61 Å². The number of amides is 1. The van der Waals surface area contributed by atoms with E-state index in [1.165, 1.54) is 38.5 Å². The smallest absolute Gasteiger partial charge is 0.220 e. The number of fused-ring (bicyclic) bond motifs is 2. The Morgan fingerprint density at radius 2 is 2.05 bits per heavy atom. The van der Waals surface area contributed by atoms with Gasteiger partial charge in [-0.3, -0.25) is 4.79 Å². The fourth-order valence-corrected chi connectivity index (χ4v) is 4.82. The van der Waals surface area contributed by atoms with Crippen molar-refractivity contribution in [3.05, 3.63) is 0 Å². The van der Waals surface area contributed by atoms with Gasteiger partial charge in [0.1, 0.15) is 0 Å². The van der Waals surface area contributed by atoms with Crippen LogP contribution in [0.15, 0.2) is 0 Å². The predicted octanol–water partition coefficient (Wildman–Crippen LogP) is 2.64. The predicted molar refractivity (Wildman–Crippen MR) is 72.6 cm³/mol. The molecule has 0 aromatic rings. The Bertz CT molecular complexity index is 373. The molecule has 0 aromatic heterocycles. The van der Waals surface area contributed by atoms with E-state index >= 15 is 0 Å². The second-order valence-corrected chi connectivity index (χ2v) is 7.21. The van der Waals surface area contributed by atoms with Gasteiger partial charge in [0.05, 0.1) is 6.10 Å². The highest BCUT2D eigenvalue weighted by atomic mass is 16.5. The van der Waals surface area contributed by atoms with Gasteiger partial charge >= 0.3 is 0 Å². The second kappa shape index (κ2) is 4.47. The monoisotopic (exact) mass is 263 g/mol. The van der Waals surface area contributed by atoms with Crippen LogP contribution < -0.4 is 5.32 Å². The number of hydrogen-bond donors (Lipinski definition) is 1. The molecule has 0 bridgehead atoms. The van der Waals surface area contributed by atoms with Gasteiger partial charge < -0.3 is 10.1 Å². The summed E-state index contributed by atoms with van der Waals surface area (Å²) in [5.41, 5.74) is 0.341. The first-order valence-corrected chi connectivity index (χ1v) is 8.20. The maximum absolute atomic E-state index is 12.2. The zero-order chi connectivity index (χ0) is 12.9. The first-order chi connectivity index (χ1) is 9.29. The molecule has 4 aliphatic rings. The summed E-state index contributed by atoms with van der Waals surface area (Å²) in [7, 11) is 0. The van der Waals surface area contributed by atoms with Crippen molar-refractivity contribution in [2.24, 2.45) is 17.3 Å². The van der Waals surface area contributed by atoms with Crippen molar-refractivity contribution in [1.29, 1.82) is 0 Å². The molecule has 0 radical (unpaired) electrons. The summed E-state index contributed by atoms with van der Waals surface area (Å²) >= 11 is 0. The number of carbonyl (C=O) groups is 1. The van der Waals surface area contributed by atoms with Crippen molar-refractivity contribution in [1.82, 2.24) is 5.32 Å². The molecular weight excluding hydrogens is 238 g/mol. The van der Waals surface area contributed by atoms with Crippen LogP contribution in [0.4, 0.5) is 0 Å². The minimum atomic E-state index is 0.300. The standard InChI is InChI=1S/C16H25NO2/c18-13(6-5-11-3-1-4-11)17-14-12-7-10-19-15(12)16(14)8-2-9-16/h11-12,14-15H,1-10H2,(H,17,18)/t12-,14-,15+/m1/s1. The van der Waals surface area contributed by atoms with Gasteiger partial charge in [-0.05, 0) is 31.6 Å². The van der Waals surface area contributed by atoms with Gasteiger partial charge in [0.2, 0.25) is 5.91 Å². The van der Waals surface area contributed by atoms with Crippen LogP contribution in [-0.4, -0.2) is 24.7 Å². The van der Waals surface area contributed by atoms with E-state index in [0.717, 1.165) is 31.8 Å². The van der Waals surface area contributed by atoms with Crippen molar-refractivity contribution in [2.45, 2.75) is 69.9 Å². The molecule has 0 aromatic carbocycles. The van der Waals surface area contributed by atoms with Crippen LogP contribution >= 0.6 is 0 Å². The van der Waals surface area contributed by atoms with E-state index in [0.29, 0.717) is 29.4 Å². The lowest BCUT2D eigenvalue weighted by atomic mass is 9.46. The largest absolute Gasteiger partial charge is 0.377 e. The van der Waals surface area contributed by atoms with Crippen LogP contribution in [-0.2, 0) is 9.53 Å². The average molecular weight is 263 g/mol. The van der Waals surface area contributed by atoms with E-state index in [1.54, 1.807) is 0 Å². The SMILES string of the molecule is O=C(CCC1CCC1)N[C@@H]1[C@H]2CCO[C@@H]2C12CCC2. The normalized spacial score (nSPS) is 39.1. The summed E-state index contributed by atoms with van der Waals surface area (Å²) in [6, 6.07) is 0.433. The van der Waals surface area contributed by atoms with Crippen LogP contribution in [0.25, 0.3) is 0 Å². The van der Waals surface area contributed by atoms with Gasteiger partial charge in [-0.1, -0.05) is 25.7 Å². The van der Waals surface area contributed by atoms with Gasteiger partial charge in [0, 0.05) is 30.4 Å². The molecule has 4 rings (SSSR count). The summed E-state index contributed by atoms with van der Waals surface area (Å²) in [6.07, 6.45) is 11.4. The molecule has 106 valence electrons. The van der Waals surface area contributed by atoms with Gasteiger partial charge in [0.15, 0.2) is 0 Å². The van der Waals surface area contributed by atoms with Crippen LogP contribution in [0.5, 0.6) is 0 Å². The number of hydrogen-bond acceptors (Lipinski definition) is 2. The van der Waals surface area contributed by atoms with Crippen LogP contribution in [0.3, 0.4) is 0 Å². The quantitative estimate of drug-likeness (QED) is 0.847. The van der Waals surface area contributed by atoms with E-state index in [2.05, 4.69) is 5.32 Å². The molecule has 19 heavy (non-hydrogen) atoms. The van der Waals surface area contributed by atoms with E-state index in [1.807, 2.05) is 0 Å². The fourth-order valence-electron chi connectivity index (χ4n) is 4.82. The molecule has 1 spiro atoms. The van der Waals surface area contributed by atoms with E-state index in [9.17, 15) is 4.79 Å². The highest BCUT2D eigenvalue weighted by molar-refractivity contribution is 5.76. The summed E-state index contributed by atoms with van der Waals surface area (Å²) < 4.78 is 5.89. The van der Waals surface area contributed by atoms with E-state index < -0.39 is 0 Å². The molecule has 0 unspecified atom stereocenters. The first kappa shape index (κ1) is 12.2. The molecular formula is C16H25NO2. The van der Waals surface area contributed by atoms with Crippen molar-refractivity contribution < 1.29 is 9.53 Å². The Hall–Kier alpha value is -0.570. The summed E-state index contributed by atoms with van der Waals surface area (Å²) in [5.74, 6) is 1.76. The van der Waals surface area contributed by atoms with E-state index in [-0.39, 0.29) is 0 Å². The van der Waals surface area contributed by atoms with Crippen molar-refractivity contribution >= 4 is 5.91 Å². The molecule has 4 fully saturated rings. The highest BCUT2D eigenvalue weighted by Crippen LogP contribution is 2.62. The maximum Gasteiger partial charge on any atom is 0.220 e. The first-order valence-electron chi connectivity index (χ1n) is 8.20. The minimum Gasteiger partial charge on any atom is -0.377 e. The Morgan fingerprint density at radius 3 is 2.68 bits per heavy atom. The zero-order valence-electron chi connectivity index (χ0n) is 11.7. The molecule has 3 nitrogen and oxygen atoms in total. The Morgan fingerprint density at radius 1 is 1.21 bits per heavy atom. The second-order valence-electron chi connectivity index (χ2n) is 7.21. The number of nitrogens with one attached hydrogen (secondary N) is 1. The van der Waals surface area contributed by atoms with Crippen molar-refractivity contribution in [3.63, 3.8) is 0 Å². The number of ether oxygens (including phenoxy) is 1. The summed E-state index contributed by atoms with van der Waals surface area (Å²) in [4.78, 5) is 12.2. The molecule has 3 atom stereocenters.